The van der Waals surface area contributed by atoms with E-state index in [1.165, 1.54) is 18.2 Å². The molecule has 1 unspecified atom stereocenters. The van der Waals surface area contributed by atoms with Crippen LogP contribution in [-0.2, 0) is 10.0 Å². The molecule has 1 amide bonds. The Morgan fingerprint density at radius 3 is 2.74 bits per heavy atom. The number of amides is 1. The van der Waals surface area contributed by atoms with Crippen LogP contribution < -0.4 is 5.14 Å². The summed E-state index contributed by atoms with van der Waals surface area (Å²) >= 11 is 5.94. The quantitative estimate of drug-likeness (QED) is 0.880. The fraction of sp³-hybridized carbons (Fsp3) is 0.533. The number of sulfonamides is 1. The first kappa shape index (κ1) is 18.2. The van der Waals surface area contributed by atoms with Crippen molar-refractivity contribution in [2.45, 2.75) is 17.7 Å². The molecule has 6 nitrogen and oxygen atoms in total. The third-order valence-electron chi connectivity index (χ3n) is 4.09. The molecule has 128 valence electrons. The first-order chi connectivity index (χ1) is 10.7. The lowest BCUT2D eigenvalue weighted by Crippen LogP contribution is -2.40. The fourth-order valence-electron chi connectivity index (χ4n) is 2.98. The summed E-state index contributed by atoms with van der Waals surface area (Å²) in [6, 6.07) is 4.07. The van der Waals surface area contributed by atoms with Crippen LogP contribution in [0, 0.1) is 5.92 Å². The van der Waals surface area contributed by atoms with Crippen LogP contribution in [0.3, 0.4) is 0 Å². The van der Waals surface area contributed by atoms with Gasteiger partial charge in [-0.2, -0.15) is 0 Å². The minimum atomic E-state index is -3.89. The summed E-state index contributed by atoms with van der Waals surface area (Å²) in [5, 5.41) is 5.03. The highest BCUT2D eigenvalue weighted by Gasteiger charge is 2.22. The van der Waals surface area contributed by atoms with E-state index < -0.39 is 10.0 Å². The summed E-state index contributed by atoms with van der Waals surface area (Å²) in [6.07, 6.45) is 2.24. The second kappa shape index (κ2) is 7.17. The van der Waals surface area contributed by atoms with Gasteiger partial charge in [0.05, 0.1) is 5.02 Å². The minimum absolute atomic E-state index is 0.0378. The molecule has 1 aromatic rings. The molecular formula is C15H22ClN3O3S. The van der Waals surface area contributed by atoms with E-state index in [-0.39, 0.29) is 15.8 Å². The highest BCUT2D eigenvalue weighted by Crippen LogP contribution is 2.23. The zero-order valence-electron chi connectivity index (χ0n) is 13.3. The van der Waals surface area contributed by atoms with Crippen LogP contribution in [0.5, 0.6) is 0 Å². The Bertz CT molecular complexity index is 693. The van der Waals surface area contributed by atoms with E-state index >= 15 is 0 Å². The molecule has 8 heteroatoms. The molecule has 0 bridgehead atoms. The number of nitrogens with two attached hydrogens (primary N) is 1. The van der Waals surface area contributed by atoms with Gasteiger partial charge in [-0.25, -0.2) is 13.6 Å². The van der Waals surface area contributed by atoms with Crippen molar-refractivity contribution in [3.8, 4) is 0 Å². The Hall–Kier alpha value is -1.15. The molecule has 0 radical (unpaired) electrons. The smallest absolute Gasteiger partial charge is 0.253 e. The number of halogens is 1. The molecule has 1 aromatic carbocycles. The first-order valence-corrected chi connectivity index (χ1v) is 9.37. The van der Waals surface area contributed by atoms with Crippen molar-refractivity contribution in [1.82, 2.24) is 9.80 Å². The van der Waals surface area contributed by atoms with E-state index in [2.05, 4.69) is 11.9 Å². The topological polar surface area (TPSA) is 83.7 Å². The summed E-state index contributed by atoms with van der Waals surface area (Å²) in [5.41, 5.74) is 0.356. The summed E-state index contributed by atoms with van der Waals surface area (Å²) in [7, 11) is -0.0559. The standard InChI is InChI=1S/C15H22ClN3O3S/c1-18-7-3-4-11(9-18)10-19(2)15(20)12-5-6-14(13(16)8-12)23(17,21)22/h5-6,8,11H,3-4,7,9-10H2,1-2H3,(H2,17,21,22). The number of carbonyl (C=O) groups is 1. The van der Waals surface area contributed by atoms with Crippen LogP contribution in [0.25, 0.3) is 0 Å². The van der Waals surface area contributed by atoms with E-state index in [1.54, 1.807) is 11.9 Å². The van der Waals surface area contributed by atoms with Gasteiger partial charge in [0.2, 0.25) is 10.0 Å². The van der Waals surface area contributed by atoms with Crippen molar-refractivity contribution in [3.63, 3.8) is 0 Å². The zero-order chi connectivity index (χ0) is 17.2. The molecular weight excluding hydrogens is 338 g/mol. The van der Waals surface area contributed by atoms with Crippen molar-refractivity contribution in [3.05, 3.63) is 28.8 Å². The predicted octanol–water partition coefficient (Wildman–Crippen LogP) is 1.40. The van der Waals surface area contributed by atoms with Gasteiger partial charge in [0.15, 0.2) is 0 Å². The van der Waals surface area contributed by atoms with Crippen molar-refractivity contribution < 1.29 is 13.2 Å². The van der Waals surface area contributed by atoms with E-state index in [4.69, 9.17) is 16.7 Å². The largest absolute Gasteiger partial charge is 0.341 e. The first-order valence-electron chi connectivity index (χ1n) is 7.45. The van der Waals surface area contributed by atoms with Crippen LogP contribution in [0.15, 0.2) is 23.1 Å². The van der Waals surface area contributed by atoms with Crippen LogP contribution in [0.1, 0.15) is 23.2 Å². The normalized spacial score (nSPS) is 19.6. The Morgan fingerprint density at radius 2 is 2.17 bits per heavy atom. The summed E-state index contributed by atoms with van der Waals surface area (Å²) in [6.45, 7) is 2.74. The average molecular weight is 360 g/mol. The van der Waals surface area contributed by atoms with Crippen molar-refractivity contribution in [1.29, 1.82) is 0 Å². The predicted molar refractivity (Wildman–Crippen MR) is 90.0 cm³/mol. The van der Waals surface area contributed by atoms with E-state index in [9.17, 15) is 13.2 Å². The minimum Gasteiger partial charge on any atom is -0.341 e. The van der Waals surface area contributed by atoms with Crippen molar-refractivity contribution in [2.75, 3.05) is 33.7 Å². The molecule has 1 atom stereocenters. The van der Waals surface area contributed by atoms with Crippen LogP contribution in [-0.4, -0.2) is 57.9 Å². The number of hydrogen-bond acceptors (Lipinski definition) is 4. The summed E-state index contributed by atoms with van der Waals surface area (Å²) in [5.74, 6) is 0.267. The molecule has 0 aliphatic carbocycles. The second-order valence-corrected chi connectivity index (χ2v) is 8.08. The van der Waals surface area contributed by atoms with Crippen LogP contribution in [0.4, 0.5) is 0 Å². The van der Waals surface area contributed by atoms with Crippen LogP contribution in [0.2, 0.25) is 5.02 Å². The highest BCUT2D eigenvalue weighted by molar-refractivity contribution is 7.89. The zero-order valence-corrected chi connectivity index (χ0v) is 14.9. The third-order valence-corrected chi connectivity index (χ3v) is 5.48. The van der Waals surface area contributed by atoms with E-state index in [0.717, 1.165) is 25.9 Å². The van der Waals surface area contributed by atoms with Gasteiger partial charge in [-0.1, -0.05) is 11.6 Å². The Morgan fingerprint density at radius 1 is 1.48 bits per heavy atom. The van der Waals surface area contributed by atoms with Crippen molar-refractivity contribution in [2.24, 2.45) is 11.1 Å². The molecule has 2 N–H and O–H groups in total. The number of likely N-dealkylation sites (tertiary alicyclic amines) is 1. The molecule has 1 saturated heterocycles. The second-order valence-electron chi connectivity index (χ2n) is 6.15. The fourth-order valence-corrected chi connectivity index (χ4v) is 4.07. The maximum atomic E-state index is 12.5. The number of rotatable bonds is 4. The molecule has 0 spiro atoms. The summed E-state index contributed by atoms with van der Waals surface area (Å²) < 4.78 is 22.7. The lowest BCUT2D eigenvalue weighted by atomic mass is 9.98. The molecule has 0 aromatic heterocycles. The molecule has 1 fully saturated rings. The number of primary sulfonamides is 1. The van der Waals surface area contributed by atoms with E-state index in [1.807, 2.05) is 0 Å². The third kappa shape index (κ3) is 4.67. The Labute approximate surface area is 142 Å². The Kier molecular flexibility index (Phi) is 5.67. The summed E-state index contributed by atoms with van der Waals surface area (Å²) in [4.78, 5) is 16.2. The number of benzene rings is 1. The van der Waals surface area contributed by atoms with Gasteiger partial charge >= 0.3 is 0 Å². The molecule has 23 heavy (non-hydrogen) atoms. The molecule has 1 aliphatic heterocycles. The Balaban J connectivity index is 2.09. The molecule has 1 aliphatic rings. The molecule has 1 heterocycles. The molecule has 2 rings (SSSR count). The average Bonchev–Trinajstić information content (AvgIpc) is 2.45. The van der Waals surface area contributed by atoms with Gasteiger partial charge in [0, 0.05) is 25.7 Å². The SMILES string of the molecule is CN1CCCC(CN(C)C(=O)c2ccc(S(N)(=O)=O)c(Cl)c2)C1. The number of hydrogen-bond donors (Lipinski definition) is 1. The maximum absolute atomic E-state index is 12.5. The number of nitrogens with zero attached hydrogens (tertiary/aromatic N) is 2. The van der Waals surface area contributed by atoms with Gasteiger partial charge in [0.1, 0.15) is 4.90 Å². The highest BCUT2D eigenvalue weighted by atomic mass is 35.5. The van der Waals surface area contributed by atoms with E-state index in [0.29, 0.717) is 18.0 Å². The van der Waals surface area contributed by atoms with Gasteiger partial charge in [-0.15, -0.1) is 0 Å². The van der Waals surface area contributed by atoms with Gasteiger partial charge < -0.3 is 9.80 Å². The van der Waals surface area contributed by atoms with Crippen LogP contribution >= 0.6 is 11.6 Å². The number of piperidine rings is 1. The lowest BCUT2D eigenvalue weighted by molar-refractivity contribution is 0.0741. The maximum Gasteiger partial charge on any atom is 0.253 e. The van der Waals surface area contributed by atoms with Gasteiger partial charge in [-0.3, -0.25) is 4.79 Å². The monoisotopic (exact) mass is 359 g/mol. The molecule has 0 saturated carbocycles. The lowest BCUT2D eigenvalue weighted by Gasteiger charge is -2.32. The van der Waals surface area contributed by atoms with Crippen molar-refractivity contribution >= 4 is 27.5 Å². The van der Waals surface area contributed by atoms with Gasteiger partial charge in [0.25, 0.3) is 5.91 Å². The van der Waals surface area contributed by atoms with Gasteiger partial charge in [-0.05, 0) is 50.6 Å². The number of carbonyl (C=O) groups excluding carboxylic acids is 1.